The lowest BCUT2D eigenvalue weighted by molar-refractivity contribution is 0.130. The number of aromatic nitrogens is 3. The Morgan fingerprint density at radius 1 is 1.10 bits per heavy atom. The second kappa shape index (κ2) is 13.4. The number of halogens is 2. The summed E-state index contributed by atoms with van der Waals surface area (Å²) in [7, 11) is 0. The zero-order chi connectivity index (χ0) is 34.3. The van der Waals surface area contributed by atoms with Crippen LogP contribution in [0.25, 0.3) is 32.9 Å². The minimum Gasteiger partial charge on any atom is -0.508 e. The van der Waals surface area contributed by atoms with Crippen molar-refractivity contribution in [2.24, 2.45) is 11.3 Å². The number of phenolic OH excluding ortho intramolecular Hbond substituents is 1. The van der Waals surface area contributed by atoms with Gasteiger partial charge in [0, 0.05) is 60.2 Å². The van der Waals surface area contributed by atoms with Crippen LogP contribution in [-0.4, -0.2) is 76.4 Å². The van der Waals surface area contributed by atoms with Crippen LogP contribution < -0.4 is 15.0 Å². The molecular formula is C38H41F2N7O2. The number of anilines is 1. The molecular weight excluding hydrogens is 624 g/mol. The second-order valence-electron chi connectivity index (χ2n) is 13.9. The third kappa shape index (κ3) is 6.46. The maximum Gasteiger partial charge on any atom is 0.319 e. The highest BCUT2D eigenvalue weighted by molar-refractivity contribution is 6.03. The summed E-state index contributed by atoms with van der Waals surface area (Å²) in [4.78, 5) is 18.7. The van der Waals surface area contributed by atoms with E-state index in [-0.39, 0.29) is 62.9 Å². The standard InChI is InChI=1S/C38H41F2N7O2/c1-4-25-19-47(20-26(5-2)43-25)36-30-18-42-34(29-16-27(48)15-24-7-8-31(39)28(6-3)32(24)29)33(40)35(30)44-37(45-36)49-22-38(11-12-38)21-46-13-9-23(17-41)10-14-46/h3,7-8,15-16,18,23,25-26,43,48H,4-5,9-14,19-22H2,1-2H3. The number of likely N-dealkylation sites (tertiary alicyclic amines) is 1. The van der Waals surface area contributed by atoms with Gasteiger partial charge in [0.1, 0.15) is 28.6 Å². The summed E-state index contributed by atoms with van der Waals surface area (Å²) >= 11 is 0. The molecule has 2 aliphatic heterocycles. The largest absolute Gasteiger partial charge is 0.508 e. The summed E-state index contributed by atoms with van der Waals surface area (Å²) in [5.74, 6) is 1.58. The summed E-state index contributed by atoms with van der Waals surface area (Å²) in [6.45, 7) is 8.69. The molecule has 2 saturated heterocycles. The summed E-state index contributed by atoms with van der Waals surface area (Å²) < 4.78 is 38.2. The van der Waals surface area contributed by atoms with Gasteiger partial charge >= 0.3 is 6.01 Å². The van der Waals surface area contributed by atoms with Gasteiger partial charge in [-0.15, -0.1) is 6.42 Å². The molecule has 2 unspecified atom stereocenters. The SMILES string of the molecule is C#Cc1c(F)ccc2cc(O)cc(-c3ncc4c(N5CC(CC)NC(CC)C5)nc(OCC5(CN6CCC(C#N)CC6)CC5)nc4c3F)c12. The van der Waals surface area contributed by atoms with Gasteiger partial charge in [0.2, 0.25) is 0 Å². The first kappa shape index (κ1) is 32.9. The molecule has 1 aliphatic carbocycles. The Hall–Kier alpha value is -4.58. The number of nitrogens with zero attached hydrogens (tertiary/aromatic N) is 6. The van der Waals surface area contributed by atoms with E-state index in [9.17, 15) is 14.8 Å². The number of nitrogens with one attached hydrogen (secondary N) is 1. The molecule has 0 radical (unpaired) electrons. The Labute approximate surface area is 285 Å². The smallest absolute Gasteiger partial charge is 0.319 e. The van der Waals surface area contributed by atoms with Crippen molar-refractivity contribution < 1.29 is 18.6 Å². The minimum atomic E-state index is -0.735. The van der Waals surface area contributed by atoms with Crippen molar-refractivity contribution >= 4 is 27.5 Å². The number of piperidine rings is 1. The second-order valence-corrected chi connectivity index (χ2v) is 13.9. The molecule has 3 fully saturated rings. The predicted octanol–water partition coefficient (Wildman–Crippen LogP) is 6.17. The third-order valence-electron chi connectivity index (χ3n) is 10.5. The number of benzene rings is 2. The number of aromatic hydroxyl groups is 1. The molecule has 254 valence electrons. The van der Waals surface area contributed by atoms with E-state index in [1.165, 1.54) is 24.3 Å². The highest BCUT2D eigenvalue weighted by atomic mass is 19.1. The van der Waals surface area contributed by atoms with Crippen molar-refractivity contribution in [2.75, 3.05) is 44.2 Å². The highest BCUT2D eigenvalue weighted by Gasteiger charge is 2.45. The van der Waals surface area contributed by atoms with Gasteiger partial charge in [0.25, 0.3) is 0 Å². The van der Waals surface area contributed by atoms with Gasteiger partial charge < -0.3 is 25.0 Å². The fraction of sp³-hybridized carbons (Fsp3) is 0.474. The summed E-state index contributed by atoms with van der Waals surface area (Å²) in [6.07, 6.45) is 12.9. The zero-order valence-corrected chi connectivity index (χ0v) is 28.0. The lowest BCUT2D eigenvalue weighted by Gasteiger charge is -2.39. The molecule has 0 bridgehead atoms. The fourth-order valence-corrected chi connectivity index (χ4v) is 7.42. The Morgan fingerprint density at radius 3 is 2.49 bits per heavy atom. The van der Waals surface area contributed by atoms with Crippen LogP contribution in [0.5, 0.6) is 11.8 Å². The van der Waals surface area contributed by atoms with E-state index < -0.39 is 11.6 Å². The van der Waals surface area contributed by atoms with E-state index in [1.807, 2.05) is 0 Å². The van der Waals surface area contributed by atoms with E-state index in [1.54, 1.807) is 6.20 Å². The average Bonchev–Trinajstić information content (AvgIpc) is 3.89. The molecule has 9 nitrogen and oxygen atoms in total. The van der Waals surface area contributed by atoms with Crippen LogP contribution in [-0.2, 0) is 0 Å². The van der Waals surface area contributed by atoms with Crippen molar-refractivity contribution in [3.63, 3.8) is 0 Å². The van der Waals surface area contributed by atoms with Crippen molar-refractivity contribution in [3.05, 3.63) is 47.7 Å². The topological polar surface area (TPSA) is 110 Å². The number of rotatable bonds is 9. The van der Waals surface area contributed by atoms with Gasteiger partial charge in [-0.05, 0) is 75.2 Å². The number of ether oxygens (including phenoxy) is 1. The maximum atomic E-state index is 16.9. The molecule has 3 aliphatic rings. The quantitative estimate of drug-likeness (QED) is 0.203. The van der Waals surface area contributed by atoms with Gasteiger partial charge in [0.15, 0.2) is 5.82 Å². The number of hydrogen-bond acceptors (Lipinski definition) is 9. The molecule has 4 heterocycles. The number of nitriles is 1. The van der Waals surface area contributed by atoms with Crippen molar-refractivity contribution in [2.45, 2.75) is 64.5 Å². The molecule has 11 heteroatoms. The Morgan fingerprint density at radius 2 is 1.84 bits per heavy atom. The maximum absolute atomic E-state index is 16.9. The normalized spacial score (nSPS) is 21.1. The van der Waals surface area contributed by atoms with E-state index in [0.717, 1.165) is 58.2 Å². The molecule has 2 aromatic carbocycles. The third-order valence-corrected chi connectivity index (χ3v) is 10.5. The van der Waals surface area contributed by atoms with Crippen LogP contribution in [0.15, 0.2) is 30.5 Å². The highest BCUT2D eigenvalue weighted by Crippen LogP contribution is 2.47. The molecule has 4 aromatic rings. The zero-order valence-electron chi connectivity index (χ0n) is 28.0. The molecule has 7 rings (SSSR count). The first-order valence-corrected chi connectivity index (χ1v) is 17.3. The molecule has 2 aromatic heterocycles. The molecule has 0 amide bonds. The number of hydrogen-bond donors (Lipinski definition) is 2. The molecule has 1 saturated carbocycles. The van der Waals surface area contributed by atoms with Gasteiger partial charge in [-0.25, -0.2) is 8.78 Å². The van der Waals surface area contributed by atoms with Crippen molar-refractivity contribution in [3.8, 4) is 41.4 Å². The first-order chi connectivity index (χ1) is 23.7. The van der Waals surface area contributed by atoms with E-state index in [2.05, 4.69) is 50.9 Å². The summed E-state index contributed by atoms with van der Waals surface area (Å²) in [5.41, 5.74) is 0.0173. The van der Waals surface area contributed by atoms with Crippen LogP contribution >= 0.6 is 0 Å². The average molecular weight is 666 g/mol. The Kier molecular flexibility index (Phi) is 8.99. The van der Waals surface area contributed by atoms with Gasteiger partial charge in [-0.2, -0.15) is 15.2 Å². The monoisotopic (exact) mass is 665 g/mol. The van der Waals surface area contributed by atoms with Crippen LogP contribution in [0, 0.1) is 46.6 Å². The van der Waals surface area contributed by atoms with E-state index >= 15 is 4.39 Å². The number of terminal acetylenes is 1. The van der Waals surface area contributed by atoms with E-state index in [0.29, 0.717) is 36.3 Å². The lowest BCUT2D eigenvalue weighted by atomic mass is 9.95. The number of phenols is 1. The summed E-state index contributed by atoms with van der Waals surface area (Å²) in [5, 5.41) is 24.8. The predicted molar refractivity (Wildman–Crippen MR) is 185 cm³/mol. The number of piperazine rings is 1. The molecule has 2 atom stereocenters. The minimum absolute atomic E-state index is 0.0307. The van der Waals surface area contributed by atoms with E-state index in [4.69, 9.17) is 16.1 Å². The number of pyridine rings is 1. The molecule has 0 spiro atoms. The van der Waals surface area contributed by atoms with Crippen LogP contribution in [0.4, 0.5) is 14.6 Å². The molecule has 49 heavy (non-hydrogen) atoms. The van der Waals surface area contributed by atoms with Crippen LogP contribution in [0.1, 0.15) is 57.9 Å². The Bertz CT molecular complexity index is 1970. The van der Waals surface area contributed by atoms with Crippen LogP contribution in [0.3, 0.4) is 0 Å². The fourth-order valence-electron chi connectivity index (χ4n) is 7.42. The summed E-state index contributed by atoms with van der Waals surface area (Å²) in [6, 6.07) is 8.47. The van der Waals surface area contributed by atoms with Crippen molar-refractivity contribution in [1.29, 1.82) is 5.26 Å². The lowest BCUT2D eigenvalue weighted by Crippen LogP contribution is -2.56. The van der Waals surface area contributed by atoms with Gasteiger partial charge in [-0.3, -0.25) is 4.98 Å². The van der Waals surface area contributed by atoms with Gasteiger partial charge in [-0.1, -0.05) is 25.8 Å². The van der Waals surface area contributed by atoms with Crippen LogP contribution in [0.2, 0.25) is 0 Å². The van der Waals surface area contributed by atoms with Crippen molar-refractivity contribution in [1.82, 2.24) is 25.2 Å². The number of fused-ring (bicyclic) bond motifs is 2. The first-order valence-electron chi connectivity index (χ1n) is 17.3. The van der Waals surface area contributed by atoms with Gasteiger partial charge in [0.05, 0.1) is 23.6 Å². The Balaban J connectivity index is 1.30. The molecule has 2 N–H and O–H groups in total.